The average molecular weight is 486 g/mol. The fourth-order valence-electron chi connectivity index (χ4n) is 3.16. The molecule has 0 aromatic carbocycles. The topological polar surface area (TPSA) is 147 Å². The van der Waals surface area contributed by atoms with Crippen LogP contribution < -0.4 is 51.2 Å². The van der Waals surface area contributed by atoms with Gasteiger partial charge >= 0.3 is 41.6 Å². The van der Waals surface area contributed by atoms with Crippen molar-refractivity contribution >= 4 is 45.7 Å². The zero-order valence-electron chi connectivity index (χ0n) is 18.1. The Morgan fingerprint density at radius 3 is 1.86 bits per heavy atom. The van der Waals surface area contributed by atoms with Gasteiger partial charge in [-0.1, -0.05) is 57.0 Å². The number of barbiturate groups is 1. The SMILES string of the molecule is CCC(Br)(CC)C(=O)NC(N)=O.CCCC(C)C1(CC)C(=O)NC(=O)NC1=O.[Na+]. The summed E-state index contributed by atoms with van der Waals surface area (Å²) in [5.41, 5.74) is 3.71. The van der Waals surface area contributed by atoms with Crippen LogP contribution in [0.2, 0.25) is 0 Å². The molecule has 1 saturated heterocycles. The average Bonchev–Trinajstić information content (AvgIpc) is 2.61. The molecule has 0 aromatic rings. The first-order chi connectivity index (χ1) is 12.9. The molecule has 1 atom stereocenters. The molecule has 11 heteroatoms. The van der Waals surface area contributed by atoms with Crippen LogP contribution in [0.15, 0.2) is 0 Å². The van der Waals surface area contributed by atoms with Crippen molar-refractivity contribution < 1.29 is 53.5 Å². The summed E-state index contributed by atoms with van der Waals surface area (Å²) in [6, 6.07) is -1.53. The molecule has 29 heavy (non-hydrogen) atoms. The van der Waals surface area contributed by atoms with E-state index in [1.807, 2.05) is 33.0 Å². The summed E-state index contributed by atoms with van der Waals surface area (Å²) in [4.78, 5) is 56.4. The Balaban J connectivity index is 0. The molecular formula is C18H31BrN4NaO5+. The smallest absolute Gasteiger partial charge is 0.351 e. The van der Waals surface area contributed by atoms with Gasteiger partial charge in [0.05, 0.1) is 0 Å². The monoisotopic (exact) mass is 485 g/mol. The number of amides is 7. The summed E-state index contributed by atoms with van der Waals surface area (Å²) in [6.45, 7) is 9.39. The fourth-order valence-corrected chi connectivity index (χ4v) is 3.25. The summed E-state index contributed by atoms with van der Waals surface area (Å²) < 4.78 is -0.665. The summed E-state index contributed by atoms with van der Waals surface area (Å²) in [5, 5.41) is 6.40. The van der Waals surface area contributed by atoms with Gasteiger partial charge in [0.15, 0.2) is 0 Å². The largest absolute Gasteiger partial charge is 1.00 e. The van der Waals surface area contributed by atoms with Gasteiger partial charge in [0.25, 0.3) is 0 Å². The standard InChI is InChI=1S/C11H18N2O3.C7H13BrN2O2.Na/c1-4-6-7(3)11(5-2)8(14)12-10(16)13-9(11)15;1-3-7(8,4-2)5(11)10-6(9)12;/h7H,4-6H2,1-3H3,(H2,12,13,14,15,16);3-4H2,1-2H3,(H3,9,10,11,12);/q;;+1. The molecule has 0 aliphatic carbocycles. The van der Waals surface area contributed by atoms with Gasteiger partial charge in [0.2, 0.25) is 17.7 Å². The Morgan fingerprint density at radius 1 is 1.10 bits per heavy atom. The predicted octanol–water partition coefficient (Wildman–Crippen LogP) is -0.676. The number of rotatable bonds is 7. The molecule has 1 heterocycles. The summed E-state index contributed by atoms with van der Waals surface area (Å²) in [5.74, 6) is -1.38. The number of urea groups is 2. The summed E-state index contributed by atoms with van der Waals surface area (Å²) in [6.07, 6.45) is 3.31. The maximum Gasteiger partial charge on any atom is 1.00 e. The Morgan fingerprint density at radius 2 is 1.55 bits per heavy atom. The van der Waals surface area contributed by atoms with Crippen molar-refractivity contribution in [2.24, 2.45) is 17.1 Å². The van der Waals surface area contributed by atoms with Crippen LogP contribution in [0.4, 0.5) is 9.59 Å². The Hall–Kier alpha value is -0.970. The second-order valence-electron chi connectivity index (χ2n) is 6.74. The van der Waals surface area contributed by atoms with Crippen molar-refractivity contribution in [2.45, 2.75) is 71.0 Å². The van der Waals surface area contributed by atoms with Crippen LogP contribution in [0.1, 0.15) is 66.7 Å². The predicted molar refractivity (Wildman–Crippen MR) is 108 cm³/mol. The molecule has 9 nitrogen and oxygen atoms in total. The normalized spacial score (nSPS) is 16.3. The molecule has 0 radical (unpaired) electrons. The molecule has 0 saturated carbocycles. The molecule has 0 bridgehead atoms. The van der Waals surface area contributed by atoms with Crippen LogP contribution >= 0.6 is 15.9 Å². The Bertz CT molecular complexity index is 605. The molecule has 0 spiro atoms. The van der Waals surface area contributed by atoms with Crippen molar-refractivity contribution in [3.05, 3.63) is 0 Å². The van der Waals surface area contributed by atoms with Crippen LogP contribution in [-0.4, -0.2) is 34.1 Å². The molecular weight excluding hydrogens is 455 g/mol. The minimum Gasteiger partial charge on any atom is -0.351 e. The van der Waals surface area contributed by atoms with Crippen molar-refractivity contribution in [3.8, 4) is 0 Å². The molecule has 7 amide bonds. The first-order valence-electron chi connectivity index (χ1n) is 9.41. The Kier molecular flexibility index (Phi) is 13.9. The van der Waals surface area contributed by atoms with Gasteiger partial charge in [-0.25, -0.2) is 9.59 Å². The van der Waals surface area contributed by atoms with Crippen LogP contribution in [0.5, 0.6) is 0 Å². The number of nitrogens with one attached hydrogen (secondary N) is 3. The number of alkyl halides is 1. The van der Waals surface area contributed by atoms with E-state index in [1.54, 1.807) is 6.92 Å². The van der Waals surface area contributed by atoms with E-state index in [2.05, 4.69) is 26.6 Å². The molecule has 1 unspecified atom stereocenters. The van der Waals surface area contributed by atoms with E-state index in [4.69, 9.17) is 5.73 Å². The number of halogens is 1. The Labute approximate surface area is 202 Å². The van der Waals surface area contributed by atoms with E-state index in [-0.39, 0.29) is 41.4 Å². The van der Waals surface area contributed by atoms with Crippen molar-refractivity contribution in [1.29, 1.82) is 0 Å². The first-order valence-corrected chi connectivity index (χ1v) is 10.2. The van der Waals surface area contributed by atoms with Crippen LogP contribution in [0.3, 0.4) is 0 Å². The van der Waals surface area contributed by atoms with E-state index < -0.39 is 33.6 Å². The maximum absolute atomic E-state index is 11.9. The molecule has 160 valence electrons. The second kappa shape index (κ2) is 13.4. The number of imide groups is 3. The number of nitrogens with two attached hydrogens (primary N) is 1. The van der Waals surface area contributed by atoms with Gasteiger partial charge in [-0.3, -0.25) is 30.3 Å². The summed E-state index contributed by atoms with van der Waals surface area (Å²) in [7, 11) is 0. The number of carbonyl (C=O) groups excluding carboxylic acids is 5. The van der Waals surface area contributed by atoms with E-state index in [0.717, 1.165) is 12.8 Å². The van der Waals surface area contributed by atoms with Crippen LogP contribution in [0, 0.1) is 11.3 Å². The fraction of sp³-hybridized carbons (Fsp3) is 0.722. The quantitative estimate of drug-likeness (QED) is 0.214. The van der Waals surface area contributed by atoms with Crippen LogP contribution in [-0.2, 0) is 14.4 Å². The number of hydrogen-bond donors (Lipinski definition) is 4. The van der Waals surface area contributed by atoms with E-state index in [1.165, 1.54) is 0 Å². The van der Waals surface area contributed by atoms with Crippen molar-refractivity contribution in [1.82, 2.24) is 16.0 Å². The maximum atomic E-state index is 11.9. The first kappa shape index (κ1) is 30.2. The zero-order chi connectivity index (χ0) is 22.1. The molecule has 1 rings (SSSR count). The van der Waals surface area contributed by atoms with Gasteiger partial charge in [-0.05, 0) is 31.6 Å². The second-order valence-corrected chi connectivity index (χ2v) is 8.26. The van der Waals surface area contributed by atoms with Gasteiger partial charge in [0.1, 0.15) is 9.74 Å². The number of primary amides is 1. The molecule has 1 aliphatic rings. The van der Waals surface area contributed by atoms with Gasteiger partial charge in [0, 0.05) is 0 Å². The van der Waals surface area contributed by atoms with E-state index in [9.17, 15) is 24.0 Å². The zero-order valence-corrected chi connectivity index (χ0v) is 21.7. The van der Waals surface area contributed by atoms with Crippen molar-refractivity contribution in [3.63, 3.8) is 0 Å². The van der Waals surface area contributed by atoms with Gasteiger partial charge in [-0.2, -0.15) is 0 Å². The van der Waals surface area contributed by atoms with E-state index >= 15 is 0 Å². The third-order valence-electron chi connectivity index (χ3n) is 5.15. The minimum atomic E-state index is -1.09. The third-order valence-corrected chi connectivity index (χ3v) is 6.63. The van der Waals surface area contributed by atoms with Crippen molar-refractivity contribution in [2.75, 3.05) is 0 Å². The van der Waals surface area contributed by atoms with Gasteiger partial charge < -0.3 is 5.73 Å². The molecule has 1 fully saturated rings. The summed E-state index contributed by atoms with van der Waals surface area (Å²) >= 11 is 3.26. The number of carbonyl (C=O) groups is 5. The van der Waals surface area contributed by atoms with E-state index in [0.29, 0.717) is 19.3 Å². The minimum absolute atomic E-state index is 0. The third kappa shape index (κ3) is 7.66. The molecule has 1 aliphatic heterocycles. The van der Waals surface area contributed by atoms with Gasteiger partial charge in [-0.15, -0.1) is 0 Å². The molecule has 0 aromatic heterocycles. The molecule has 5 N–H and O–H groups in total. The number of hydrogen-bond acceptors (Lipinski definition) is 5. The van der Waals surface area contributed by atoms with Crippen LogP contribution in [0.25, 0.3) is 0 Å².